The maximum Gasteiger partial charge on any atom is 0.0195 e. The summed E-state index contributed by atoms with van der Waals surface area (Å²) in [6.07, 6.45) is 32.7. The average Bonchev–Trinajstić information content (AvgIpc) is 3.53. The second-order valence-corrected chi connectivity index (χ2v) is 16.7. The van der Waals surface area contributed by atoms with Gasteiger partial charge in [0, 0.05) is 22.0 Å². The summed E-state index contributed by atoms with van der Waals surface area (Å²) in [5, 5.41) is 3.63. The predicted octanol–water partition coefficient (Wildman–Crippen LogP) is 12.5. The molecular weight excluding hydrogens is 585 g/mol. The van der Waals surface area contributed by atoms with Gasteiger partial charge in [-0.05, 0) is 137 Å². The lowest BCUT2D eigenvalue weighted by Gasteiger charge is -2.51. The first-order valence-corrected chi connectivity index (χ1v) is 19.7. The molecule has 6 aliphatic carbocycles. The molecule has 0 N–H and O–H groups in total. The van der Waals surface area contributed by atoms with Gasteiger partial charge in [0.2, 0.25) is 0 Å². The lowest BCUT2D eigenvalue weighted by molar-refractivity contribution is 0.126. The van der Waals surface area contributed by atoms with Crippen LogP contribution in [0.2, 0.25) is 0 Å². The summed E-state index contributed by atoms with van der Waals surface area (Å²) in [5.41, 5.74) is 11.1. The highest BCUT2D eigenvalue weighted by atomic mass is 32.2. The van der Waals surface area contributed by atoms with Gasteiger partial charge in [0.25, 0.3) is 0 Å². The molecule has 1 heterocycles. The zero-order valence-corrected chi connectivity index (χ0v) is 28.3. The Kier molecular flexibility index (Phi) is 7.14. The fourth-order valence-corrected chi connectivity index (χ4v) is 13.1. The van der Waals surface area contributed by atoms with Crippen LogP contribution in [0.4, 0.5) is 0 Å². The van der Waals surface area contributed by atoms with Gasteiger partial charge < -0.3 is 0 Å². The van der Waals surface area contributed by atoms with Crippen LogP contribution >= 0.6 is 11.8 Å². The smallest absolute Gasteiger partial charge is 0.0195 e. The minimum atomic E-state index is 0.535. The van der Waals surface area contributed by atoms with E-state index in [1.54, 1.807) is 27.2 Å². The molecule has 1 fully saturated rings. The van der Waals surface area contributed by atoms with Gasteiger partial charge in [-0.2, -0.15) is 0 Å². The van der Waals surface area contributed by atoms with Crippen LogP contribution < -0.4 is 0 Å². The Morgan fingerprint density at radius 1 is 0.681 bits per heavy atom. The topological polar surface area (TPSA) is 0 Å². The van der Waals surface area contributed by atoms with E-state index in [4.69, 9.17) is 0 Å². The van der Waals surface area contributed by atoms with Gasteiger partial charge in [-0.3, -0.25) is 0 Å². The normalized spacial score (nSPS) is 33.8. The van der Waals surface area contributed by atoms with E-state index in [1.807, 2.05) is 0 Å². The zero-order valence-electron chi connectivity index (χ0n) is 27.5. The van der Waals surface area contributed by atoms with Gasteiger partial charge in [-0.25, -0.2) is 0 Å². The summed E-state index contributed by atoms with van der Waals surface area (Å²) in [5.74, 6) is 4.83. The van der Waals surface area contributed by atoms with Crippen LogP contribution in [0.25, 0.3) is 16.3 Å². The summed E-state index contributed by atoms with van der Waals surface area (Å²) in [4.78, 5) is 1.61. The molecule has 3 aromatic rings. The molecule has 7 aliphatic rings. The minimum Gasteiger partial charge on any atom is -0.121 e. The molecule has 8 unspecified atom stereocenters. The number of rotatable bonds is 3. The van der Waals surface area contributed by atoms with E-state index in [2.05, 4.69) is 121 Å². The summed E-state index contributed by atoms with van der Waals surface area (Å²) in [7, 11) is 0. The van der Waals surface area contributed by atoms with Crippen molar-refractivity contribution >= 4 is 28.1 Å². The van der Waals surface area contributed by atoms with Crippen molar-refractivity contribution in [3.05, 3.63) is 143 Å². The molecule has 0 nitrogen and oxygen atoms in total. The standard InChI is InChI=1S/C46H46S/c1-2-12-33-28-34(25-22-29(33)10-1)30-20-23-32(24-21-30)43-36-14-5-7-16-38(36)44(39-17-8-6-15-37(39)43)42-19-9-18-40-41-27-26-31-11-3-4-13-35(31)45(41)47-46(40)42/h1-5,10-15,20-21,23-24,26-29,34,38-40,42,44,46H,6-9,16-19,22,25H2. The van der Waals surface area contributed by atoms with Crippen LogP contribution in [0, 0.1) is 29.6 Å². The molecule has 3 aromatic carbocycles. The van der Waals surface area contributed by atoms with Crippen molar-refractivity contribution in [1.29, 1.82) is 0 Å². The molecular formula is C46H46S. The third-order valence-electron chi connectivity index (χ3n) is 13.2. The first kappa shape index (κ1) is 28.7. The molecule has 10 rings (SSSR count). The van der Waals surface area contributed by atoms with E-state index in [9.17, 15) is 0 Å². The van der Waals surface area contributed by atoms with Crippen LogP contribution in [0.1, 0.15) is 92.7 Å². The highest BCUT2D eigenvalue weighted by Gasteiger charge is 2.51. The second-order valence-electron chi connectivity index (χ2n) is 15.5. The van der Waals surface area contributed by atoms with Crippen molar-refractivity contribution in [2.45, 2.75) is 86.2 Å². The van der Waals surface area contributed by atoms with Crippen LogP contribution in [0.5, 0.6) is 0 Å². The predicted molar refractivity (Wildman–Crippen MR) is 200 cm³/mol. The first-order valence-electron chi connectivity index (χ1n) is 18.8. The summed E-state index contributed by atoms with van der Waals surface area (Å²) >= 11 is 2.28. The minimum absolute atomic E-state index is 0.535. The molecule has 0 saturated heterocycles. The van der Waals surface area contributed by atoms with Gasteiger partial charge in [0.15, 0.2) is 0 Å². The summed E-state index contributed by atoms with van der Waals surface area (Å²) < 4.78 is 0. The van der Waals surface area contributed by atoms with Crippen molar-refractivity contribution < 1.29 is 0 Å². The number of hydrogen-bond donors (Lipinski definition) is 0. The molecule has 0 bridgehead atoms. The van der Waals surface area contributed by atoms with Gasteiger partial charge in [0.1, 0.15) is 0 Å². The Labute approximate surface area is 285 Å². The molecule has 8 atom stereocenters. The van der Waals surface area contributed by atoms with Crippen LogP contribution in [-0.4, -0.2) is 5.25 Å². The third-order valence-corrected chi connectivity index (χ3v) is 14.9. The Morgan fingerprint density at radius 2 is 1.57 bits per heavy atom. The maximum absolute atomic E-state index is 2.69. The SMILES string of the molecule is C1=CC2=CC(c3ccc(C4=C5C=CCCC5C(C5CCCC6c7ccc8ccccc8c7SC65)C5CCCC=C45)cc3)CCC2C=C1. The summed E-state index contributed by atoms with van der Waals surface area (Å²) in [6.45, 7) is 0. The molecule has 236 valence electrons. The Balaban J connectivity index is 1.02. The Bertz CT molecular complexity index is 1910. The van der Waals surface area contributed by atoms with Crippen LogP contribution in [-0.2, 0) is 0 Å². The van der Waals surface area contributed by atoms with Gasteiger partial charge >= 0.3 is 0 Å². The molecule has 47 heavy (non-hydrogen) atoms. The van der Waals surface area contributed by atoms with Crippen molar-refractivity contribution in [3.63, 3.8) is 0 Å². The molecule has 0 spiro atoms. The number of thioether (sulfide) groups is 1. The van der Waals surface area contributed by atoms with Crippen molar-refractivity contribution in [2.75, 3.05) is 0 Å². The Hall–Kier alpha value is -3.29. The van der Waals surface area contributed by atoms with Crippen LogP contribution in [0.15, 0.2) is 131 Å². The molecule has 0 amide bonds. The molecule has 0 radical (unpaired) electrons. The fraction of sp³-hybridized carbons (Fsp3) is 0.391. The quantitative estimate of drug-likeness (QED) is 0.277. The monoisotopic (exact) mass is 630 g/mol. The molecule has 1 saturated carbocycles. The van der Waals surface area contributed by atoms with E-state index >= 15 is 0 Å². The summed E-state index contributed by atoms with van der Waals surface area (Å²) in [6, 6.07) is 24.0. The van der Waals surface area contributed by atoms with Crippen LogP contribution in [0.3, 0.4) is 0 Å². The first-order chi connectivity index (χ1) is 23.3. The van der Waals surface area contributed by atoms with E-state index in [0.29, 0.717) is 23.7 Å². The van der Waals surface area contributed by atoms with E-state index in [1.165, 1.54) is 91.7 Å². The number of hydrogen-bond acceptors (Lipinski definition) is 1. The second kappa shape index (κ2) is 11.7. The van der Waals surface area contributed by atoms with E-state index in [-0.39, 0.29) is 0 Å². The third kappa shape index (κ3) is 4.70. The molecule has 0 aromatic heterocycles. The largest absolute Gasteiger partial charge is 0.121 e. The Morgan fingerprint density at radius 3 is 2.53 bits per heavy atom. The number of benzene rings is 3. The number of fused-ring (bicyclic) bond motifs is 8. The van der Waals surface area contributed by atoms with E-state index in [0.717, 1.165) is 23.0 Å². The molecule has 1 heteroatoms. The zero-order chi connectivity index (χ0) is 30.9. The lowest BCUT2D eigenvalue weighted by Crippen LogP contribution is -2.43. The van der Waals surface area contributed by atoms with Gasteiger partial charge in [0.05, 0.1) is 0 Å². The van der Waals surface area contributed by atoms with Crippen molar-refractivity contribution in [3.8, 4) is 0 Å². The van der Waals surface area contributed by atoms with Gasteiger partial charge in [-0.1, -0.05) is 116 Å². The average molecular weight is 631 g/mol. The maximum atomic E-state index is 2.69. The molecule has 1 aliphatic heterocycles. The fourth-order valence-electron chi connectivity index (χ4n) is 11.2. The van der Waals surface area contributed by atoms with Crippen molar-refractivity contribution in [2.24, 2.45) is 29.6 Å². The lowest BCUT2D eigenvalue weighted by atomic mass is 9.54. The number of allylic oxidation sites excluding steroid dienone is 12. The van der Waals surface area contributed by atoms with Crippen molar-refractivity contribution in [1.82, 2.24) is 0 Å². The van der Waals surface area contributed by atoms with E-state index < -0.39 is 0 Å². The highest BCUT2D eigenvalue weighted by molar-refractivity contribution is 8.00. The highest BCUT2D eigenvalue weighted by Crippen LogP contribution is 2.63. The van der Waals surface area contributed by atoms with Gasteiger partial charge in [-0.15, -0.1) is 11.8 Å².